The maximum atomic E-state index is 6.51. The van der Waals surface area contributed by atoms with E-state index in [4.69, 9.17) is 4.42 Å². The molecule has 12 rings (SSSR count). The molecule has 5 heteroatoms. The minimum atomic E-state index is -0.123. The molecule has 0 aliphatic carbocycles. The number of aromatic nitrogens is 2. The lowest BCUT2D eigenvalue weighted by atomic mass is 9.98. The van der Waals surface area contributed by atoms with E-state index in [9.17, 15) is 0 Å². The van der Waals surface area contributed by atoms with E-state index in [2.05, 4.69) is 208 Å². The number of rotatable bonds is 5. The average Bonchev–Trinajstić information content (AvgIpc) is 3.95. The summed E-state index contributed by atoms with van der Waals surface area (Å²) in [7, 11) is 0. The molecule has 2 unspecified atom stereocenters. The second-order valence-electron chi connectivity index (χ2n) is 15.0. The number of benzene rings is 8. The largest absolute Gasteiger partial charge is 0.456 e. The van der Waals surface area contributed by atoms with Gasteiger partial charge in [-0.05, 0) is 83.4 Å². The quantitative estimate of drug-likeness (QED) is 0.185. The van der Waals surface area contributed by atoms with Crippen molar-refractivity contribution in [2.75, 3.05) is 0 Å². The second kappa shape index (κ2) is 12.6. The van der Waals surface area contributed by atoms with Gasteiger partial charge in [-0.3, -0.25) is 5.32 Å². The van der Waals surface area contributed by atoms with E-state index in [1.54, 1.807) is 0 Å². The molecule has 11 aromatic rings. The number of hydrogen-bond donors (Lipinski definition) is 2. The van der Waals surface area contributed by atoms with Gasteiger partial charge >= 0.3 is 0 Å². The summed E-state index contributed by atoms with van der Waals surface area (Å²) in [4.78, 5) is 0. The Morgan fingerprint density at radius 1 is 0.421 bits per heavy atom. The second-order valence-corrected chi connectivity index (χ2v) is 15.0. The van der Waals surface area contributed by atoms with E-state index in [0.717, 1.165) is 55.6 Å². The molecule has 8 aromatic carbocycles. The standard InChI is InChI=1S/C52H36N4O/c1-4-15-33(16-5-1)40-32-41(34-17-6-2-7-18-34)54-52(53-40)35-19-14-22-37(31-35)56-42-25-12-10-23-38(42)48-43(56)27-28-44-50(48)51-45(55(44)36-20-8-3-9-21-36)29-30-47-49(51)39-24-11-13-26-46(39)57-47/h1-32,40,52-54H. The fourth-order valence-corrected chi connectivity index (χ4v) is 9.31. The Bertz CT molecular complexity index is 3360. The molecule has 5 nitrogen and oxygen atoms in total. The third-order valence-corrected chi connectivity index (χ3v) is 11.8. The molecule has 0 bridgehead atoms. The van der Waals surface area contributed by atoms with Crippen LogP contribution in [-0.2, 0) is 0 Å². The van der Waals surface area contributed by atoms with E-state index in [1.807, 2.05) is 6.07 Å². The van der Waals surface area contributed by atoms with E-state index < -0.39 is 0 Å². The van der Waals surface area contributed by atoms with Crippen molar-refractivity contribution in [3.63, 3.8) is 0 Å². The van der Waals surface area contributed by atoms with Gasteiger partial charge in [0.2, 0.25) is 0 Å². The van der Waals surface area contributed by atoms with Gasteiger partial charge in [-0.15, -0.1) is 0 Å². The van der Waals surface area contributed by atoms with Gasteiger partial charge < -0.3 is 18.9 Å². The van der Waals surface area contributed by atoms with Crippen LogP contribution in [0, 0.1) is 0 Å². The van der Waals surface area contributed by atoms with Gasteiger partial charge in [0.1, 0.15) is 17.3 Å². The number of furan rings is 1. The molecule has 3 aromatic heterocycles. The Morgan fingerprint density at radius 2 is 1.02 bits per heavy atom. The van der Waals surface area contributed by atoms with E-state index in [-0.39, 0.29) is 12.2 Å². The molecule has 0 saturated carbocycles. The van der Waals surface area contributed by atoms with Gasteiger partial charge in [0.25, 0.3) is 0 Å². The molecule has 1 aliphatic heterocycles. The van der Waals surface area contributed by atoms with Crippen LogP contribution in [0.1, 0.15) is 28.9 Å². The Labute approximate surface area is 328 Å². The zero-order valence-electron chi connectivity index (χ0n) is 30.9. The van der Waals surface area contributed by atoms with Crippen molar-refractivity contribution in [3.8, 4) is 11.4 Å². The van der Waals surface area contributed by atoms with Gasteiger partial charge in [0.05, 0.1) is 28.1 Å². The van der Waals surface area contributed by atoms with Crippen LogP contribution in [-0.4, -0.2) is 9.13 Å². The summed E-state index contributed by atoms with van der Waals surface area (Å²) >= 11 is 0. The molecule has 0 radical (unpaired) electrons. The highest BCUT2D eigenvalue weighted by atomic mass is 16.3. The van der Waals surface area contributed by atoms with Crippen LogP contribution in [0.3, 0.4) is 0 Å². The molecular formula is C52H36N4O. The van der Waals surface area contributed by atoms with Crippen molar-refractivity contribution in [2.24, 2.45) is 0 Å². The highest BCUT2D eigenvalue weighted by Crippen LogP contribution is 2.46. The average molecular weight is 733 g/mol. The lowest BCUT2D eigenvalue weighted by Crippen LogP contribution is -2.39. The van der Waals surface area contributed by atoms with Crippen molar-refractivity contribution in [2.45, 2.75) is 12.2 Å². The number of nitrogens with one attached hydrogen (secondary N) is 2. The zero-order chi connectivity index (χ0) is 37.5. The number of hydrogen-bond acceptors (Lipinski definition) is 3. The minimum absolute atomic E-state index is 0.0376. The lowest BCUT2D eigenvalue weighted by molar-refractivity contribution is 0.442. The molecule has 0 amide bonds. The Morgan fingerprint density at radius 3 is 1.82 bits per heavy atom. The summed E-state index contributed by atoms with van der Waals surface area (Å²) in [5.41, 5.74) is 13.4. The number of para-hydroxylation sites is 3. The third-order valence-electron chi connectivity index (χ3n) is 11.8. The smallest absolute Gasteiger partial charge is 0.136 e. The molecular weight excluding hydrogens is 697 g/mol. The first kappa shape index (κ1) is 32.0. The van der Waals surface area contributed by atoms with E-state index >= 15 is 0 Å². The number of nitrogens with zero attached hydrogens (tertiary/aromatic N) is 2. The fourth-order valence-electron chi connectivity index (χ4n) is 9.31. The topological polar surface area (TPSA) is 47.1 Å². The van der Waals surface area contributed by atoms with Gasteiger partial charge in [0.15, 0.2) is 0 Å². The third kappa shape index (κ3) is 4.93. The Kier molecular flexibility index (Phi) is 7.06. The Hall–Kier alpha value is -7.34. The van der Waals surface area contributed by atoms with Crippen LogP contribution in [0.4, 0.5) is 0 Å². The van der Waals surface area contributed by atoms with Crippen molar-refractivity contribution in [1.29, 1.82) is 0 Å². The first-order valence-corrected chi connectivity index (χ1v) is 19.6. The molecule has 0 spiro atoms. The molecule has 0 saturated heterocycles. The predicted molar refractivity (Wildman–Crippen MR) is 235 cm³/mol. The van der Waals surface area contributed by atoms with Crippen molar-refractivity contribution < 1.29 is 4.42 Å². The highest BCUT2D eigenvalue weighted by Gasteiger charge is 2.26. The van der Waals surface area contributed by atoms with E-state index in [1.165, 1.54) is 43.7 Å². The molecule has 4 heterocycles. The zero-order valence-corrected chi connectivity index (χ0v) is 30.9. The summed E-state index contributed by atoms with van der Waals surface area (Å²) in [6, 6.07) is 67.3. The van der Waals surface area contributed by atoms with Crippen LogP contribution in [0.25, 0.3) is 82.6 Å². The molecule has 2 atom stereocenters. The monoisotopic (exact) mass is 732 g/mol. The van der Waals surface area contributed by atoms with Crippen LogP contribution in [0.2, 0.25) is 0 Å². The van der Waals surface area contributed by atoms with Crippen LogP contribution < -0.4 is 10.6 Å². The number of fused-ring (bicyclic) bond motifs is 11. The normalized spacial score (nSPS) is 15.9. The van der Waals surface area contributed by atoms with Crippen LogP contribution in [0.15, 0.2) is 199 Å². The predicted octanol–water partition coefficient (Wildman–Crippen LogP) is 12.8. The van der Waals surface area contributed by atoms with E-state index in [0.29, 0.717) is 0 Å². The SMILES string of the molecule is C1=C(c2ccccc2)NC(c2cccc(-n3c4ccccc4c4c5c6c7c(ccc6n(-c6ccccc6)c5ccc43)oc3ccccc37)c2)NC1c1ccccc1. The van der Waals surface area contributed by atoms with Gasteiger partial charge in [-0.2, -0.15) is 0 Å². The fraction of sp³-hybridized carbons (Fsp3) is 0.0385. The first-order chi connectivity index (χ1) is 28.3. The summed E-state index contributed by atoms with van der Waals surface area (Å²) in [6.45, 7) is 0. The van der Waals surface area contributed by atoms with Crippen molar-refractivity contribution in [3.05, 3.63) is 211 Å². The summed E-state index contributed by atoms with van der Waals surface area (Å²) in [5, 5.41) is 14.9. The highest BCUT2D eigenvalue weighted by molar-refractivity contribution is 6.35. The summed E-state index contributed by atoms with van der Waals surface area (Å²) < 4.78 is 11.4. The lowest BCUT2D eigenvalue weighted by Gasteiger charge is -2.33. The van der Waals surface area contributed by atoms with Gasteiger partial charge in [-0.25, -0.2) is 0 Å². The molecule has 1 aliphatic rings. The maximum absolute atomic E-state index is 6.51. The maximum Gasteiger partial charge on any atom is 0.136 e. The van der Waals surface area contributed by atoms with Crippen LogP contribution >= 0.6 is 0 Å². The van der Waals surface area contributed by atoms with Gasteiger partial charge in [0, 0.05) is 49.4 Å². The first-order valence-electron chi connectivity index (χ1n) is 19.6. The van der Waals surface area contributed by atoms with Crippen molar-refractivity contribution in [1.82, 2.24) is 19.8 Å². The molecule has 57 heavy (non-hydrogen) atoms. The minimum Gasteiger partial charge on any atom is -0.456 e. The Balaban J connectivity index is 1.10. The summed E-state index contributed by atoms with van der Waals surface area (Å²) in [5.74, 6) is 0. The molecule has 0 fully saturated rings. The summed E-state index contributed by atoms with van der Waals surface area (Å²) in [6.07, 6.45) is 2.18. The van der Waals surface area contributed by atoms with Gasteiger partial charge in [-0.1, -0.05) is 127 Å². The van der Waals surface area contributed by atoms with Crippen LogP contribution in [0.5, 0.6) is 0 Å². The molecule has 2 N–H and O–H groups in total. The molecule has 270 valence electrons. The van der Waals surface area contributed by atoms with Crippen molar-refractivity contribution >= 4 is 71.2 Å².